The van der Waals surface area contributed by atoms with E-state index in [0.29, 0.717) is 36.8 Å². The first-order valence-corrected chi connectivity index (χ1v) is 11.1. The number of anilines is 3. The second-order valence-electron chi connectivity index (χ2n) is 7.70. The maximum Gasteiger partial charge on any atom is 0.323 e. The van der Waals surface area contributed by atoms with Crippen molar-refractivity contribution in [2.75, 3.05) is 48.3 Å². The number of nitrogens with one attached hydrogen (secondary N) is 2. The minimum Gasteiger partial charge on any atom is -0.492 e. The van der Waals surface area contributed by atoms with E-state index in [9.17, 15) is 9.59 Å². The number of ether oxygens (including phenoxy) is 1. The molecule has 3 aromatic carbocycles. The van der Waals surface area contributed by atoms with E-state index in [0.717, 1.165) is 24.3 Å². The second kappa shape index (κ2) is 10.5. The van der Waals surface area contributed by atoms with Crippen LogP contribution in [0, 0.1) is 0 Å². The summed E-state index contributed by atoms with van der Waals surface area (Å²) in [5, 5.41) is 5.68. The van der Waals surface area contributed by atoms with E-state index >= 15 is 0 Å². The van der Waals surface area contributed by atoms with E-state index in [2.05, 4.69) is 15.5 Å². The molecular formula is C26H28N4O3. The highest BCUT2D eigenvalue weighted by atomic mass is 16.5. The van der Waals surface area contributed by atoms with Gasteiger partial charge in [-0.3, -0.25) is 4.79 Å². The summed E-state index contributed by atoms with van der Waals surface area (Å²) < 4.78 is 5.55. The molecule has 1 saturated heterocycles. The van der Waals surface area contributed by atoms with Crippen molar-refractivity contribution in [3.8, 4) is 5.75 Å². The summed E-state index contributed by atoms with van der Waals surface area (Å²) in [4.78, 5) is 29.2. The number of amides is 3. The Balaban J connectivity index is 1.30. The summed E-state index contributed by atoms with van der Waals surface area (Å²) in [7, 11) is 0. The van der Waals surface area contributed by atoms with E-state index < -0.39 is 0 Å². The summed E-state index contributed by atoms with van der Waals surface area (Å²) >= 11 is 0. The largest absolute Gasteiger partial charge is 0.492 e. The van der Waals surface area contributed by atoms with Gasteiger partial charge in [0, 0.05) is 43.1 Å². The Morgan fingerprint density at radius 3 is 2.18 bits per heavy atom. The van der Waals surface area contributed by atoms with Crippen molar-refractivity contribution in [3.63, 3.8) is 0 Å². The van der Waals surface area contributed by atoms with Crippen molar-refractivity contribution >= 4 is 29.0 Å². The predicted molar refractivity (Wildman–Crippen MR) is 131 cm³/mol. The number of nitrogens with zero attached hydrogens (tertiary/aromatic N) is 2. The fourth-order valence-corrected chi connectivity index (χ4v) is 3.82. The van der Waals surface area contributed by atoms with Gasteiger partial charge < -0.3 is 25.2 Å². The lowest BCUT2D eigenvalue weighted by Gasteiger charge is -2.36. The summed E-state index contributed by atoms with van der Waals surface area (Å²) in [5.74, 6) is 0.710. The molecule has 7 nitrogen and oxygen atoms in total. The molecule has 0 saturated carbocycles. The van der Waals surface area contributed by atoms with Gasteiger partial charge in [-0.05, 0) is 55.5 Å². The molecule has 1 aliphatic rings. The molecule has 7 heteroatoms. The van der Waals surface area contributed by atoms with Gasteiger partial charge in [0.25, 0.3) is 5.91 Å². The second-order valence-corrected chi connectivity index (χ2v) is 7.70. The van der Waals surface area contributed by atoms with Gasteiger partial charge in [0.1, 0.15) is 5.75 Å². The average molecular weight is 445 g/mol. The molecule has 33 heavy (non-hydrogen) atoms. The van der Waals surface area contributed by atoms with Crippen LogP contribution in [0.4, 0.5) is 21.9 Å². The lowest BCUT2D eigenvalue weighted by molar-refractivity contribution is 0.0747. The van der Waals surface area contributed by atoms with Gasteiger partial charge in [0.2, 0.25) is 0 Å². The van der Waals surface area contributed by atoms with Gasteiger partial charge in [-0.15, -0.1) is 0 Å². The zero-order valence-electron chi connectivity index (χ0n) is 18.7. The molecule has 3 aromatic rings. The third-order valence-corrected chi connectivity index (χ3v) is 5.51. The van der Waals surface area contributed by atoms with Crippen LogP contribution in [-0.2, 0) is 0 Å². The van der Waals surface area contributed by atoms with Crippen LogP contribution in [0.5, 0.6) is 5.75 Å². The molecular weight excluding hydrogens is 416 g/mol. The topological polar surface area (TPSA) is 73.9 Å². The summed E-state index contributed by atoms with van der Waals surface area (Å²) in [6.07, 6.45) is 0. The van der Waals surface area contributed by atoms with Gasteiger partial charge in [0.05, 0.1) is 12.3 Å². The normalized spacial score (nSPS) is 13.4. The monoisotopic (exact) mass is 444 g/mol. The van der Waals surface area contributed by atoms with Crippen LogP contribution in [0.2, 0.25) is 0 Å². The Labute approximate surface area is 194 Å². The van der Waals surface area contributed by atoms with Crippen LogP contribution in [0.25, 0.3) is 0 Å². The number of benzene rings is 3. The smallest absolute Gasteiger partial charge is 0.323 e. The van der Waals surface area contributed by atoms with Crippen LogP contribution in [0.1, 0.15) is 17.3 Å². The number of hydrogen-bond acceptors (Lipinski definition) is 4. The molecule has 1 aliphatic heterocycles. The molecule has 0 radical (unpaired) electrons. The third-order valence-electron chi connectivity index (χ3n) is 5.51. The van der Waals surface area contributed by atoms with Crippen molar-refractivity contribution in [1.29, 1.82) is 0 Å². The minimum atomic E-state index is -0.331. The van der Waals surface area contributed by atoms with Crippen molar-refractivity contribution in [2.24, 2.45) is 0 Å². The van der Waals surface area contributed by atoms with Crippen LogP contribution in [0.15, 0.2) is 78.9 Å². The highest BCUT2D eigenvalue weighted by Crippen LogP contribution is 2.24. The SMILES string of the molecule is CCOc1ccccc1NC(=O)Nc1ccc(N2CCN(C(=O)c3ccccc3)CC2)cc1. The molecule has 3 amide bonds. The number of rotatable bonds is 6. The number of hydrogen-bond donors (Lipinski definition) is 2. The first-order chi connectivity index (χ1) is 16.1. The lowest BCUT2D eigenvalue weighted by atomic mass is 10.1. The molecule has 2 N–H and O–H groups in total. The van der Waals surface area contributed by atoms with E-state index in [-0.39, 0.29) is 11.9 Å². The maximum absolute atomic E-state index is 12.6. The van der Waals surface area contributed by atoms with Crippen molar-refractivity contribution in [2.45, 2.75) is 6.92 Å². The number of carbonyl (C=O) groups is 2. The Bertz CT molecular complexity index is 1080. The predicted octanol–water partition coefficient (Wildman–Crippen LogP) is 4.69. The molecule has 0 bridgehead atoms. The van der Waals surface area contributed by atoms with E-state index in [1.165, 1.54) is 0 Å². The van der Waals surface area contributed by atoms with Gasteiger partial charge in [-0.2, -0.15) is 0 Å². The Morgan fingerprint density at radius 2 is 1.48 bits per heavy atom. The first kappa shape index (κ1) is 22.2. The Hall–Kier alpha value is -4.00. The Kier molecular flexibility index (Phi) is 7.09. The van der Waals surface area contributed by atoms with E-state index in [4.69, 9.17) is 4.74 Å². The molecule has 0 spiro atoms. The molecule has 170 valence electrons. The molecule has 1 heterocycles. The quantitative estimate of drug-likeness (QED) is 0.578. The van der Waals surface area contributed by atoms with Gasteiger partial charge in [-0.1, -0.05) is 30.3 Å². The number of carbonyl (C=O) groups excluding carboxylic acids is 2. The molecule has 0 unspecified atom stereocenters. The minimum absolute atomic E-state index is 0.0757. The van der Waals surface area contributed by atoms with Gasteiger partial charge >= 0.3 is 6.03 Å². The molecule has 0 atom stereocenters. The van der Waals surface area contributed by atoms with Crippen molar-refractivity contribution in [3.05, 3.63) is 84.4 Å². The summed E-state index contributed by atoms with van der Waals surface area (Å²) in [5.41, 5.74) is 3.11. The highest BCUT2D eigenvalue weighted by Gasteiger charge is 2.22. The fraction of sp³-hybridized carbons (Fsp3) is 0.231. The highest BCUT2D eigenvalue weighted by molar-refractivity contribution is 6.00. The summed E-state index contributed by atoms with van der Waals surface area (Å²) in [6.45, 7) is 5.31. The van der Waals surface area contributed by atoms with E-state index in [1.54, 1.807) is 6.07 Å². The van der Waals surface area contributed by atoms with Crippen LogP contribution >= 0.6 is 0 Å². The average Bonchev–Trinajstić information content (AvgIpc) is 2.86. The van der Waals surface area contributed by atoms with Gasteiger partial charge in [0.15, 0.2) is 0 Å². The standard InChI is InChI=1S/C26H28N4O3/c1-2-33-24-11-7-6-10-23(24)28-26(32)27-21-12-14-22(15-13-21)29-16-18-30(19-17-29)25(31)20-8-4-3-5-9-20/h3-15H,2,16-19H2,1H3,(H2,27,28,32). The summed E-state index contributed by atoms with van der Waals surface area (Å²) in [6, 6.07) is 24.1. The fourth-order valence-electron chi connectivity index (χ4n) is 3.82. The number of urea groups is 1. The number of para-hydroxylation sites is 2. The van der Waals surface area contributed by atoms with Crippen LogP contribution < -0.4 is 20.3 Å². The third kappa shape index (κ3) is 5.63. The zero-order valence-corrected chi connectivity index (χ0v) is 18.7. The molecule has 1 fully saturated rings. The molecule has 4 rings (SSSR count). The zero-order chi connectivity index (χ0) is 23.0. The lowest BCUT2D eigenvalue weighted by Crippen LogP contribution is -2.48. The van der Waals surface area contributed by atoms with Crippen molar-refractivity contribution < 1.29 is 14.3 Å². The first-order valence-electron chi connectivity index (χ1n) is 11.1. The number of piperazine rings is 1. The van der Waals surface area contributed by atoms with E-state index in [1.807, 2.05) is 84.6 Å². The maximum atomic E-state index is 12.6. The Morgan fingerprint density at radius 1 is 0.818 bits per heavy atom. The van der Waals surface area contributed by atoms with Crippen LogP contribution in [0.3, 0.4) is 0 Å². The van der Waals surface area contributed by atoms with Crippen molar-refractivity contribution in [1.82, 2.24) is 4.90 Å². The molecule has 0 aromatic heterocycles. The molecule has 0 aliphatic carbocycles. The van der Waals surface area contributed by atoms with Crippen LogP contribution in [-0.4, -0.2) is 49.6 Å². The van der Waals surface area contributed by atoms with Gasteiger partial charge in [-0.25, -0.2) is 4.79 Å².